The van der Waals surface area contributed by atoms with Gasteiger partial charge in [0.1, 0.15) is 18.0 Å². The molecule has 1 amide bonds. The maximum absolute atomic E-state index is 13.7. The minimum atomic E-state index is -4.12. The van der Waals surface area contributed by atoms with Gasteiger partial charge in [0, 0.05) is 5.02 Å². The average molecular weight is 537 g/mol. The lowest BCUT2D eigenvalue weighted by Crippen LogP contribution is -2.38. The molecule has 0 aromatic heterocycles. The molecule has 0 aliphatic carbocycles. The Bertz CT molecular complexity index is 1490. The standard InChI is InChI=1S/C28H25ClN2O5S/c1-20-12-15-23(16-13-20)37(33,34)31(25-10-6-7-11-27(25)35-2)19-28(32)30-24-18-21(29)14-17-26(24)36-22-8-4-3-5-9-22/h3-18H,19H2,1-2H3,(H,30,32). The minimum Gasteiger partial charge on any atom is -0.495 e. The summed E-state index contributed by atoms with van der Waals surface area (Å²) in [5, 5.41) is 3.13. The van der Waals surface area contributed by atoms with Crippen molar-refractivity contribution in [3.8, 4) is 17.2 Å². The topological polar surface area (TPSA) is 84.9 Å². The van der Waals surface area contributed by atoms with E-state index >= 15 is 0 Å². The molecule has 7 nitrogen and oxygen atoms in total. The predicted octanol–water partition coefficient (Wildman–Crippen LogP) is 6.28. The van der Waals surface area contributed by atoms with E-state index in [1.807, 2.05) is 25.1 Å². The first-order valence-electron chi connectivity index (χ1n) is 11.3. The van der Waals surface area contributed by atoms with Crippen LogP contribution in [-0.2, 0) is 14.8 Å². The van der Waals surface area contributed by atoms with Gasteiger partial charge in [-0.05, 0) is 61.5 Å². The lowest BCUT2D eigenvalue weighted by Gasteiger charge is -2.26. The highest BCUT2D eigenvalue weighted by atomic mass is 35.5. The summed E-state index contributed by atoms with van der Waals surface area (Å²) in [7, 11) is -2.68. The summed E-state index contributed by atoms with van der Waals surface area (Å²) in [6.45, 7) is 1.34. The Kier molecular flexibility index (Phi) is 8.01. The van der Waals surface area contributed by atoms with Gasteiger partial charge in [-0.2, -0.15) is 0 Å². The van der Waals surface area contributed by atoms with Gasteiger partial charge in [-0.1, -0.05) is 59.6 Å². The van der Waals surface area contributed by atoms with Crippen LogP contribution in [0.4, 0.5) is 11.4 Å². The van der Waals surface area contributed by atoms with Crippen molar-refractivity contribution >= 4 is 38.9 Å². The van der Waals surface area contributed by atoms with Crippen LogP contribution >= 0.6 is 11.6 Å². The Hall–Kier alpha value is -4.01. The highest BCUT2D eigenvalue weighted by Gasteiger charge is 2.29. The summed E-state index contributed by atoms with van der Waals surface area (Å²) < 4.78 is 39.8. The molecule has 4 rings (SSSR count). The van der Waals surface area contributed by atoms with Crippen molar-refractivity contribution in [2.75, 3.05) is 23.3 Å². The Morgan fingerprint density at radius 2 is 1.57 bits per heavy atom. The van der Waals surface area contributed by atoms with E-state index in [4.69, 9.17) is 21.1 Å². The number of halogens is 1. The lowest BCUT2D eigenvalue weighted by molar-refractivity contribution is -0.114. The first-order chi connectivity index (χ1) is 17.8. The fourth-order valence-corrected chi connectivity index (χ4v) is 5.20. The van der Waals surface area contributed by atoms with Gasteiger partial charge in [0.2, 0.25) is 5.91 Å². The van der Waals surface area contributed by atoms with Crippen molar-refractivity contribution in [2.45, 2.75) is 11.8 Å². The number of para-hydroxylation sites is 3. The highest BCUT2D eigenvalue weighted by Crippen LogP contribution is 2.34. The molecular formula is C28H25ClN2O5S. The molecule has 0 aliphatic rings. The van der Waals surface area contributed by atoms with Crippen LogP contribution in [0.5, 0.6) is 17.2 Å². The zero-order chi connectivity index (χ0) is 26.4. The lowest BCUT2D eigenvalue weighted by atomic mass is 10.2. The number of nitrogens with zero attached hydrogens (tertiary/aromatic N) is 1. The summed E-state index contributed by atoms with van der Waals surface area (Å²) in [4.78, 5) is 13.3. The molecule has 0 saturated heterocycles. The van der Waals surface area contributed by atoms with Crippen LogP contribution in [0.25, 0.3) is 0 Å². The van der Waals surface area contributed by atoms with Crippen molar-refractivity contribution in [3.63, 3.8) is 0 Å². The molecule has 0 spiro atoms. The van der Waals surface area contributed by atoms with Crippen molar-refractivity contribution in [1.29, 1.82) is 0 Å². The van der Waals surface area contributed by atoms with Gasteiger partial charge in [0.25, 0.3) is 10.0 Å². The molecule has 0 saturated carbocycles. The van der Waals surface area contributed by atoms with E-state index in [9.17, 15) is 13.2 Å². The summed E-state index contributed by atoms with van der Waals surface area (Å²) in [5.74, 6) is 0.635. The predicted molar refractivity (Wildman–Crippen MR) is 145 cm³/mol. The van der Waals surface area contributed by atoms with Crippen LogP contribution in [0.15, 0.2) is 102 Å². The van der Waals surface area contributed by atoms with E-state index in [0.717, 1.165) is 9.87 Å². The van der Waals surface area contributed by atoms with Crippen LogP contribution in [0.1, 0.15) is 5.56 Å². The minimum absolute atomic E-state index is 0.0488. The van der Waals surface area contributed by atoms with E-state index in [2.05, 4.69) is 5.32 Å². The quantitative estimate of drug-likeness (QED) is 0.272. The van der Waals surface area contributed by atoms with Crippen LogP contribution in [0, 0.1) is 6.92 Å². The van der Waals surface area contributed by atoms with Gasteiger partial charge in [-0.3, -0.25) is 9.10 Å². The average Bonchev–Trinajstić information content (AvgIpc) is 2.89. The number of ether oxygens (including phenoxy) is 2. The summed E-state index contributed by atoms with van der Waals surface area (Å²) in [6, 6.07) is 26.9. The normalized spacial score (nSPS) is 11.0. The molecule has 190 valence electrons. The summed E-state index contributed by atoms with van der Waals surface area (Å²) in [6.07, 6.45) is 0. The molecule has 0 bridgehead atoms. The SMILES string of the molecule is COc1ccccc1N(CC(=O)Nc1cc(Cl)ccc1Oc1ccccc1)S(=O)(=O)c1ccc(C)cc1. The third kappa shape index (κ3) is 6.22. The van der Waals surface area contributed by atoms with Crippen LogP contribution < -0.4 is 19.1 Å². The smallest absolute Gasteiger partial charge is 0.264 e. The monoisotopic (exact) mass is 536 g/mol. The fraction of sp³-hybridized carbons (Fsp3) is 0.107. The van der Waals surface area contributed by atoms with Gasteiger partial charge in [-0.25, -0.2) is 8.42 Å². The number of aryl methyl sites for hydroxylation is 1. The van der Waals surface area contributed by atoms with Crippen molar-refractivity contribution in [3.05, 3.63) is 108 Å². The second-order valence-corrected chi connectivity index (χ2v) is 10.4. The van der Waals surface area contributed by atoms with Crippen molar-refractivity contribution in [2.24, 2.45) is 0 Å². The second kappa shape index (κ2) is 11.4. The van der Waals surface area contributed by atoms with E-state index in [1.54, 1.807) is 66.7 Å². The molecule has 0 atom stereocenters. The Labute approximate surface area is 221 Å². The Morgan fingerprint density at radius 3 is 2.27 bits per heavy atom. The number of rotatable bonds is 9. The van der Waals surface area contributed by atoms with Gasteiger partial charge in [0.15, 0.2) is 5.75 Å². The van der Waals surface area contributed by atoms with E-state index in [-0.39, 0.29) is 10.6 Å². The fourth-order valence-electron chi connectivity index (χ4n) is 3.60. The van der Waals surface area contributed by atoms with Crippen LogP contribution in [0.3, 0.4) is 0 Å². The number of hydrogen-bond donors (Lipinski definition) is 1. The number of carbonyl (C=O) groups excluding carboxylic acids is 1. The van der Waals surface area contributed by atoms with Crippen LogP contribution in [0.2, 0.25) is 5.02 Å². The maximum atomic E-state index is 13.7. The number of carbonyl (C=O) groups is 1. The number of benzene rings is 4. The third-order valence-electron chi connectivity index (χ3n) is 5.44. The second-order valence-electron chi connectivity index (χ2n) is 8.10. The Balaban J connectivity index is 1.67. The van der Waals surface area contributed by atoms with Gasteiger partial charge < -0.3 is 14.8 Å². The largest absolute Gasteiger partial charge is 0.495 e. The van der Waals surface area contributed by atoms with E-state index in [0.29, 0.717) is 28.0 Å². The molecule has 4 aromatic carbocycles. The molecule has 0 fully saturated rings. The third-order valence-corrected chi connectivity index (χ3v) is 7.45. The molecule has 0 radical (unpaired) electrons. The molecule has 1 N–H and O–H groups in total. The number of nitrogens with one attached hydrogen (secondary N) is 1. The van der Waals surface area contributed by atoms with E-state index in [1.165, 1.54) is 19.2 Å². The first kappa shape index (κ1) is 26.1. The molecule has 4 aromatic rings. The first-order valence-corrected chi connectivity index (χ1v) is 13.1. The van der Waals surface area contributed by atoms with Crippen molar-refractivity contribution < 1.29 is 22.7 Å². The number of sulfonamides is 1. The number of amides is 1. The molecule has 9 heteroatoms. The summed E-state index contributed by atoms with van der Waals surface area (Å²) >= 11 is 6.18. The zero-order valence-corrected chi connectivity index (χ0v) is 21.8. The van der Waals surface area contributed by atoms with Crippen molar-refractivity contribution in [1.82, 2.24) is 0 Å². The van der Waals surface area contributed by atoms with Gasteiger partial charge >= 0.3 is 0 Å². The number of anilines is 2. The van der Waals surface area contributed by atoms with Gasteiger partial charge in [-0.15, -0.1) is 0 Å². The molecule has 0 unspecified atom stereocenters. The van der Waals surface area contributed by atoms with Gasteiger partial charge in [0.05, 0.1) is 23.4 Å². The zero-order valence-electron chi connectivity index (χ0n) is 20.2. The Morgan fingerprint density at radius 1 is 0.892 bits per heavy atom. The molecule has 0 aliphatic heterocycles. The number of methoxy groups -OCH3 is 1. The van der Waals surface area contributed by atoms with E-state index < -0.39 is 22.5 Å². The molecule has 0 heterocycles. The van der Waals surface area contributed by atoms with Crippen LogP contribution in [-0.4, -0.2) is 28.0 Å². The molecular weight excluding hydrogens is 512 g/mol. The molecule has 37 heavy (non-hydrogen) atoms. The maximum Gasteiger partial charge on any atom is 0.264 e. The number of hydrogen-bond acceptors (Lipinski definition) is 5. The highest BCUT2D eigenvalue weighted by molar-refractivity contribution is 7.92. The summed E-state index contributed by atoms with van der Waals surface area (Å²) in [5.41, 5.74) is 1.44.